The van der Waals surface area contributed by atoms with Crippen molar-refractivity contribution >= 4 is 34.0 Å². The number of nitrogens with one attached hydrogen (secondary N) is 1. The number of carbonyl (C=O) groups is 2. The van der Waals surface area contributed by atoms with E-state index < -0.39 is 0 Å². The van der Waals surface area contributed by atoms with Gasteiger partial charge in [0.05, 0.1) is 13.5 Å². The summed E-state index contributed by atoms with van der Waals surface area (Å²) in [5.74, 6) is -0.404. The maximum atomic E-state index is 12.0. The van der Waals surface area contributed by atoms with Gasteiger partial charge in [-0.25, -0.2) is 0 Å². The smallest absolute Gasteiger partial charge is 0.305 e. The lowest BCUT2D eigenvalue weighted by Gasteiger charge is -2.02. The van der Waals surface area contributed by atoms with Crippen molar-refractivity contribution in [1.29, 1.82) is 0 Å². The topological polar surface area (TPSA) is 107 Å². The van der Waals surface area contributed by atoms with Gasteiger partial charge in [-0.2, -0.15) is 0 Å². The standard InChI is InChI=1S/C15H18N4O3S/c1-22-14(21)4-2-3-13-18-19-15(23-13)17-12(20)9-10-5-7-11(16)8-6-10/h5-8H,2-4,9,16H2,1H3,(H,17,19,20). The monoisotopic (exact) mass is 334 g/mol. The van der Waals surface area contributed by atoms with Gasteiger partial charge in [-0.15, -0.1) is 10.2 Å². The van der Waals surface area contributed by atoms with E-state index in [4.69, 9.17) is 5.73 Å². The van der Waals surface area contributed by atoms with E-state index >= 15 is 0 Å². The van der Waals surface area contributed by atoms with Crippen LogP contribution in [0.4, 0.5) is 10.8 Å². The van der Waals surface area contributed by atoms with E-state index in [0.29, 0.717) is 30.1 Å². The van der Waals surface area contributed by atoms with Gasteiger partial charge in [-0.3, -0.25) is 9.59 Å². The SMILES string of the molecule is COC(=O)CCCc1nnc(NC(=O)Cc2ccc(N)cc2)s1. The summed E-state index contributed by atoms with van der Waals surface area (Å²) in [6.07, 6.45) is 1.85. The first-order valence-electron chi connectivity index (χ1n) is 7.10. The van der Waals surface area contributed by atoms with E-state index in [1.165, 1.54) is 18.4 Å². The van der Waals surface area contributed by atoms with Gasteiger partial charge in [0.1, 0.15) is 5.01 Å². The Morgan fingerprint density at radius 1 is 1.26 bits per heavy atom. The van der Waals surface area contributed by atoms with Gasteiger partial charge in [0.15, 0.2) is 0 Å². The fourth-order valence-corrected chi connectivity index (χ4v) is 2.67. The number of nitrogens with zero attached hydrogens (tertiary/aromatic N) is 2. The number of methoxy groups -OCH3 is 1. The van der Waals surface area contributed by atoms with Crippen LogP contribution in [0.15, 0.2) is 24.3 Å². The number of carbonyl (C=O) groups excluding carboxylic acids is 2. The average molecular weight is 334 g/mol. The molecular weight excluding hydrogens is 316 g/mol. The van der Waals surface area contributed by atoms with E-state index in [-0.39, 0.29) is 18.3 Å². The van der Waals surface area contributed by atoms with Crippen molar-refractivity contribution in [2.45, 2.75) is 25.7 Å². The number of amides is 1. The molecule has 1 aromatic heterocycles. The lowest BCUT2D eigenvalue weighted by Crippen LogP contribution is -2.14. The van der Waals surface area contributed by atoms with E-state index in [0.717, 1.165) is 10.6 Å². The number of rotatable bonds is 7. The van der Waals surface area contributed by atoms with E-state index in [2.05, 4.69) is 20.3 Å². The highest BCUT2D eigenvalue weighted by molar-refractivity contribution is 7.15. The summed E-state index contributed by atoms with van der Waals surface area (Å²) in [6, 6.07) is 7.14. The van der Waals surface area contributed by atoms with Crippen LogP contribution in [0.5, 0.6) is 0 Å². The van der Waals surface area contributed by atoms with Crippen molar-refractivity contribution in [3.05, 3.63) is 34.8 Å². The van der Waals surface area contributed by atoms with E-state index in [1.54, 1.807) is 12.1 Å². The van der Waals surface area contributed by atoms with E-state index in [1.807, 2.05) is 12.1 Å². The minimum absolute atomic E-state index is 0.160. The quantitative estimate of drug-likeness (QED) is 0.590. The highest BCUT2D eigenvalue weighted by atomic mass is 32.1. The number of hydrogen-bond acceptors (Lipinski definition) is 7. The molecule has 0 fully saturated rings. The molecule has 0 aliphatic rings. The highest BCUT2D eigenvalue weighted by Gasteiger charge is 2.10. The van der Waals surface area contributed by atoms with Gasteiger partial charge >= 0.3 is 5.97 Å². The van der Waals surface area contributed by atoms with Gasteiger partial charge < -0.3 is 15.8 Å². The molecule has 0 radical (unpaired) electrons. The Labute approximate surface area is 137 Å². The first-order valence-corrected chi connectivity index (χ1v) is 7.92. The van der Waals surface area contributed by atoms with Crippen LogP contribution >= 0.6 is 11.3 Å². The first-order chi connectivity index (χ1) is 11.1. The number of esters is 1. The van der Waals surface area contributed by atoms with Gasteiger partial charge in [0.2, 0.25) is 11.0 Å². The zero-order valence-electron chi connectivity index (χ0n) is 12.7. The molecule has 122 valence electrons. The molecule has 2 rings (SSSR count). The van der Waals surface area contributed by atoms with E-state index in [9.17, 15) is 9.59 Å². The fraction of sp³-hybridized carbons (Fsp3) is 0.333. The van der Waals surface area contributed by atoms with Gasteiger partial charge in [-0.1, -0.05) is 23.5 Å². The summed E-state index contributed by atoms with van der Waals surface area (Å²) in [6.45, 7) is 0. The molecule has 8 heteroatoms. The van der Waals surface area contributed by atoms with Crippen molar-refractivity contribution < 1.29 is 14.3 Å². The molecule has 3 N–H and O–H groups in total. The lowest BCUT2D eigenvalue weighted by atomic mass is 10.1. The third-order valence-corrected chi connectivity index (χ3v) is 3.96. The Morgan fingerprint density at radius 2 is 2.00 bits per heavy atom. The normalized spacial score (nSPS) is 10.3. The number of nitrogen functional groups attached to an aromatic ring is 1. The second-order valence-electron chi connectivity index (χ2n) is 4.90. The van der Waals surface area contributed by atoms with Crippen LogP contribution in [0.25, 0.3) is 0 Å². The van der Waals surface area contributed by atoms with Crippen molar-refractivity contribution in [1.82, 2.24) is 10.2 Å². The molecule has 0 aliphatic heterocycles. The fourth-order valence-electron chi connectivity index (χ4n) is 1.88. The second-order valence-corrected chi connectivity index (χ2v) is 5.96. The largest absolute Gasteiger partial charge is 0.469 e. The van der Waals surface area contributed by atoms with Gasteiger partial charge in [-0.05, 0) is 24.1 Å². The zero-order valence-corrected chi connectivity index (χ0v) is 13.6. The average Bonchev–Trinajstić information content (AvgIpc) is 2.96. The molecule has 2 aromatic rings. The minimum atomic E-state index is -0.244. The van der Waals surface area contributed by atoms with Crippen molar-refractivity contribution in [3.63, 3.8) is 0 Å². The number of hydrogen-bond donors (Lipinski definition) is 2. The summed E-state index contributed by atoms with van der Waals surface area (Å²) in [7, 11) is 1.36. The highest BCUT2D eigenvalue weighted by Crippen LogP contribution is 2.17. The molecule has 7 nitrogen and oxygen atoms in total. The molecule has 23 heavy (non-hydrogen) atoms. The molecule has 1 heterocycles. The summed E-state index contributed by atoms with van der Waals surface area (Å²) < 4.78 is 4.57. The molecule has 0 unspecified atom stereocenters. The summed E-state index contributed by atoms with van der Waals surface area (Å²) in [5, 5.41) is 11.9. The van der Waals surface area contributed by atoms with Crippen LogP contribution in [0.3, 0.4) is 0 Å². The van der Waals surface area contributed by atoms with Crippen molar-refractivity contribution in [2.24, 2.45) is 0 Å². The Balaban J connectivity index is 1.80. The predicted molar refractivity (Wildman–Crippen MR) is 88.1 cm³/mol. The molecule has 0 spiro atoms. The molecule has 1 aromatic carbocycles. The lowest BCUT2D eigenvalue weighted by molar-refractivity contribution is -0.140. The Kier molecular flexibility index (Phi) is 6.04. The summed E-state index contributed by atoms with van der Waals surface area (Å²) in [4.78, 5) is 23.0. The first kappa shape index (κ1) is 16.9. The number of aromatic nitrogens is 2. The molecule has 0 aliphatic carbocycles. The van der Waals surface area contributed by atoms with Gasteiger partial charge in [0.25, 0.3) is 0 Å². The molecule has 0 saturated heterocycles. The van der Waals surface area contributed by atoms with Gasteiger partial charge in [0, 0.05) is 18.5 Å². The minimum Gasteiger partial charge on any atom is -0.469 e. The molecular formula is C15H18N4O3S. The third-order valence-electron chi connectivity index (χ3n) is 3.06. The van der Waals surface area contributed by atoms with Crippen LogP contribution < -0.4 is 11.1 Å². The molecule has 0 atom stereocenters. The van der Waals surface area contributed by atoms with Crippen LogP contribution in [0.1, 0.15) is 23.4 Å². The predicted octanol–water partition coefficient (Wildman–Crippen LogP) is 1.80. The van der Waals surface area contributed by atoms with Crippen LogP contribution in [0, 0.1) is 0 Å². The number of ether oxygens (including phenoxy) is 1. The molecule has 0 bridgehead atoms. The third kappa shape index (κ3) is 5.67. The number of benzene rings is 1. The molecule has 0 saturated carbocycles. The Morgan fingerprint density at radius 3 is 2.70 bits per heavy atom. The number of aryl methyl sites for hydroxylation is 1. The Hall–Kier alpha value is -2.48. The maximum Gasteiger partial charge on any atom is 0.305 e. The van der Waals surface area contributed by atoms with Crippen LogP contribution in [-0.4, -0.2) is 29.2 Å². The Bertz CT molecular complexity index is 670. The second kappa shape index (κ2) is 8.23. The summed E-state index contributed by atoms with van der Waals surface area (Å²) >= 11 is 1.31. The zero-order chi connectivity index (χ0) is 16.7. The summed E-state index contributed by atoms with van der Waals surface area (Å²) in [5.41, 5.74) is 7.14. The van der Waals surface area contributed by atoms with Crippen molar-refractivity contribution in [3.8, 4) is 0 Å². The maximum absolute atomic E-state index is 12.0. The van der Waals surface area contributed by atoms with Crippen molar-refractivity contribution in [2.75, 3.05) is 18.2 Å². The number of nitrogens with two attached hydrogens (primary N) is 1. The molecule has 1 amide bonds. The van der Waals surface area contributed by atoms with Crippen LogP contribution in [0.2, 0.25) is 0 Å². The number of anilines is 2. The van der Waals surface area contributed by atoms with Crippen LogP contribution in [-0.2, 0) is 27.2 Å².